The predicted octanol–water partition coefficient (Wildman–Crippen LogP) is -2.11. The third-order valence-corrected chi connectivity index (χ3v) is 1.71. The second-order valence-electron chi connectivity index (χ2n) is 3.27. The lowest BCUT2D eigenvalue weighted by atomic mass is 10.3. The number of rotatable bonds is 9. The van der Waals surface area contributed by atoms with Crippen LogP contribution < -0.4 is 16.4 Å². The maximum Gasteiger partial charge on any atom is 0.328 e. The van der Waals surface area contributed by atoms with Crippen LogP contribution in [0.25, 0.3) is 0 Å². The van der Waals surface area contributed by atoms with Crippen molar-refractivity contribution in [1.82, 2.24) is 10.6 Å². The minimum absolute atomic E-state index is 0.0956. The zero-order valence-electron chi connectivity index (χ0n) is 9.97. The average Bonchev–Trinajstić information content (AvgIpc) is 2.27. The zero-order chi connectivity index (χ0) is 14.0. The van der Waals surface area contributed by atoms with Crippen molar-refractivity contribution in [2.24, 2.45) is 5.73 Å². The van der Waals surface area contributed by atoms with E-state index in [0.717, 1.165) is 0 Å². The van der Waals surface area contributed by atoms with Crippen molar-refractivity contribution in [3.63, 3.8) is 0 Å². The van der Waals surface area contributed by atoms with Gasteiger partial charge in [-0.05, 0) is 0 Å². The molecular weight excluding hydrogens is 246 g/mol. The van der Waals surface area contributed by atoms with Crippen molar-refractivity contribution < 1.29 is 29.0 Å². The number of carbonyl (C=O) groups excluding carboxylic acids is 2. The Balaban J connectivity index is 3.74. The second-order valence-corrected chi connectivity index (χ2v) is 3.27. The highest BCUT2D eigenvalue weighted by Gasteiger charge is 2.19. The number of ether oxygens (including phenoxy) is 2. The van der Waals surface area contributed by atoms with Crippen LogP contribution in [0.4, 0.5) is 4.79 Å². The highest BCUT2D eigenvalue weighted by atomic mass is 16.5. The summed E-state index contributed by atoms with van der Waals surface area (Å²) in [5.74, 6) is -1.80. The average molecular weight is 263 g/mol. The van der Waals surface area contributed by atoms with Gasteiger partial charge in [-0.3, -0.25) is 4.79 Å². The third-order valence-electron chi connectivity index (χ3n) is 1.71. The number of primary amides is 1. The molecule has 0 aromatic heterocycles. The maximum atomic E-state index is 11.2. The van der Waals surface area contributed by atoms with E-state index in [4.69, 9.17) is 15.6 Å². The Labute approximate surface area is 104 Å². The number of methoxy groups -OCH3 is 1. The Hall–Kier alpha value is -1.87. The van der Waals surface area contributed by atoms with Gasteiger partial charge in [-0.2, -0.15) is 0 Å². The standard InChI is InChI=1S/C9H17N3O6/c1-17-4-6(8(14)15)12-9(16)11-2-3-18-5-7(10)13/h6H,2-5H2,1H3,(H2,10,13)(H,14,15)(H2,11,12,16). The number of hydrogen-bond acceptors (Lipinski definition) is 5. The Morgan fingerprint density at radius 3 is 2.56 bits per heavy atom. The summed E-state index contributed by atoms with van der Waals surface area (Å²) in [6.07, 6.45) is 0. The Kier molecular flexibility index (Phi) is 8.24. The van der Waals surface area contributed by atoms with Crippen molar-refractivity contribution >= 4 is 17.9 Å². The summed E-state index contributed by atoms with van der Waals surface area (Å²) < 4.78 is 9.42. The Morgan fingerprint density at radius 2 is 2.06 bits per heavy atom. The lowest BCUT2D eigenvalue weighted by Crippen LogP contribution is -2.48. The van der Waals surface area contributed by atoms with E-state index in [1.807, 2.05) is 0 Å². The monoisotopic (exact) mass is 263 g/mol. The lowest BCUT2D eigenvalue weighted by molar-refractivity contribution is -0.140. The molecule has 0 spiro atoms. The van der Waals surface area contributed by atoms with Gasteiger partial charge in [0.25, 0.3) is 0 Å². The molecule has 0 aromatic rings. The first-order chi connectivity index (χ1) is 8.47. The first kappa shape index (κ1) is 16.1. The molecule has 0 aliphatic heterocycles. The van der Waals surface area contributed by atoms with E-state index in [2.05, 4.69) is 15.4 Å². The number of carboxylic acid groups (broad SMARTS) is 1. The first-order valence-electron chi connectivity index (χ1n) is 5.09. The molecule has 0 aliphatic carbocycles. The number of nitrogens with two attached hydrogens (primary N) is 1. The third kappa shape index (κ3) is 8.30. The molecule has 3 amide bonds. The summed E-state index contributed by atoms with van der Waals surface area (Å²) in [4.78, 5) is 32.2. The van der Waals surface area contributed by atoms with Gasteiger partial charge in [0, 0.05) is 13.7 Å². The van der Waals surface area contributed by atoms with E-state index >= 15 is 0 Å². The molecule has 0 saturated carbocycles. The maximum absolute atomic E-state index is 11.2. The van der Waals surface area contributed by atoms with Crippen LogP contribution in [0.1, 0.15) is 0 Å². The molecule has 104 valence electrons. The molecule has 0 aliphatic rings. The fourth-order valence-electron chi connectivity index (χ4n) is 0.960. The number of aliphatic carboxylic acids is 1. The fraction of sp³-hybridized carbons (Fsp3) is 0.667. The van der Waals surface area contributed by atoms with Gasteiger partial charge in [-0.15, -0.1) is 0 Å². The highest BCUT2D eigenvalue weighted by Crippen LogP contribution is 1.85. The highest BCUT2D eigenvalue weighted by molar-refractivity contribution is 5.82. The molecule has 0 radical (unpaired) electrons. The van der Waals surface area contributed by atoms with Crippen LogP contribution in [0.2, 0.25) is 0 Å². The van der Waals surface area contributed by atoms with Crippen LogP contribution in [0.5, 0.6) is 0 Å². The Bertz CT molecular complexity index is 296. The molecule has 5 N–H and O–H groups in total. The molecule has 1 unspecified atom stereocenters. The molecule has 1 atom stereocenters. The van der Waals surface area contributed by atoms with E-state index in [1.165, 1.54) is 7.11 Å². The summed E-state index contributed by atoms with van der Waals surface area (Å²) in [5, 5.41) is 13.3. The minimum Gasteiger partial charge on any atom is -0.480 e. The van der Waals surface area contributed by atoms with Crippen molar-refractivity contribution in [3.05, 3.63) is 0 Å². The van der Waals surface area contributed by atoms with Gasteiger partial charge in [-0.1, -0.05) is 0 Å². The van der Waals surface area contributed by atoms with Crippen molar-refractivity contribution in [2.45, 2.75) is 6.04 Å². The molecule has 18 heavy (non-hydrogen) atoms. The van der Waals surface area contributed by atoms with Gasteiger partial charge in [-0.25, -0.2) is 9.59 Å². The molecule has 0 heterocycles. The van der Waals surface area contributed by atoms with Gasteiger partial charge < -0.3 is 30.9 Å². The van der Waals surface area contributed by atoms with Crippen LogP contribution in [0.15, 0.2) is 0 Å². The number of hydrogen-bond donors (Lipinski definition) is 4. The topological polar surface area (TPSA) is 140 Å². The predicted molar refractivity (Wildman–Crippen MR) is 59.8 cm³/mol. The van der Waals surface area contributed by atoms with E-state index in [0.29, 0.717) is 0 Å². The van der Waals surface area contributed by atoms with Crippen molar-refractivity contribution in [2.75, 3.05) is 33.5 Å². The summed E-state index contributed by atoms with van der Waals surface area (Å²) in [5.41, 5.74) is 4.82. The molecule has 0 aromatic carbocycles. The number of amides is 3. The van der Waals surface area contributed by atoms with Crippen LogP contribution in [0, 0.1) is 0 Å². The number of nitrogens with one attached hydrogen (secondary N) is 2. The normalized spacial score (nSPS) is 11.6. The fourth-order valence-corrected chi connectivity index (χ4v) is 0.960. The number of urea groups is 1. The largest absolute Gasteiger partial charge is 0.480 e. The quantitative estimate of drug-likeness (QED) is 0.351. The van der Waals surface area contributed by atoms with Gasteiger partial charge in [0.15, 0.2) is 6.04 Å². The first-order valence-corrected chi connectivity index (χ1v) is 5.09. The number of carboxylic acids is 1. The molecular formula is C9H17N3O6. The summed E-state index contributed by atoms with van der Waals surface area (Å²) >= 11 is 0. The van der Waals surface area contributed by atoms with E-state index in [-0.39, 0.29) is 26.4 Å². The van der Waals surface area contributed by atoms with Gasteiger partial charge in [0.2, 0.25) is 5.91 Å². The van der Waals surface area contributed by atoms with Gasteiger partial charge in [0.05, 0.1) is 13.2 Å². The van der Waals surface area contributed by atoms with E-state index in [1.54, 1.807) is 0 Å². The molecule has 9 heteroatoms. The van der Waals surface area contributed by atoms with E-state index < -0.39 is 23.9 Å². The summed E-state index contributed by atoms with van der Waals surface area (Å²) in [7, 11) is 1.33. The molecule has 0 rings (SSSR count). The van der Waals surface area contributed by atoms with Crippen LogP contribution in [0.3, 0.4) is 0 Å². The van der Waals surface area contributed by atoms with Crippen molar-refractivity contribution in [3.8, 4) is 0 Å². The number of carbonyl (C=O) groups is 3. The summed E-state index contributed by atoms with van der Waals surface area (Å²) in [6, 6.07) is -1.79. The summed E-state index contributed by atoms with van der Waals surface area (Å²) in [6.45, 7) is -0.150. The minimum atomic E-state index is -1.20. The smallest absolute Gasteiger partial charge is 0.328 e. The zero-order valence-corrected chi connectivity index (χ0v) is 9.97. The molecule has 0 saturated heterocycles. The van der Waals surface area contributed by atoms with E-state index in [9.17, 15) is 14.4 Å². The van der Waals surface area contributed by atoms with Gasteiger partial charge >= 0.3 is 12.0 Å². The molecule has 9 nitrogen and oxygen atoms in total. The van der Waals surface area contributed by atoms with Crippen molar-refractivity contribution in [1.29, 1.82) is 0 Å². The van der Waals surface area contributed by atoms with Gasteiger partial charge in [0.1, 0.15) is 6.61 Å². The van der Waals surface area contributed by atoms with Crippen LogP contribution in [-0.2, 0) is 19.1 Å². The molecule has 0 fully saturated rings. The van der Waals surface area contributed by atoms with Crippen LogP contribution >= 0.6 is 0 Å². The second kappa shape index (κ2) is 9.19. The molecule has 0 bridgehead atoms. The SMILES string of the molecule is COCC(NC(=O)NCCOCC(N)=O)C(=O)O. The van der Waals surface area contributed by atoms with Crippen LogP contribution in [-0.4, -0.2) is 62.5 Å². The Morgan fingerprint density at radius 1 is 1.39 bits per heavy atom. The lowest BCUT2D eigenvalue weighted by Gasteiger charge is -2.14.